The summed E-state index contributed by atoms with van der Waals surface area (Å²) >= 11 is 1.52. The highest BCUT2D eigenvalue weighted by Crippen LogP contribution is 2.26. The third-order valence-electron chi connectivity index (χ3n) is 4.84. The van der Waals surface area contributed by atoms with Gasteiger partial charge in [0.2, 0.25) is 5.89 Å². The van der Waals surface area contributed by atoms with Crippen molar-refractivity contribution >= 4 is 11.8 Å². The molecule has 0 atom stereocenters. The standard InChI is InChI=1S/C24H25FN4O2S/c1-17(2)12-13-29-22(15-30-20-6-4-3-5-7-20)27-28-24(29)32-16-23-26-14-21(31-23)18-8-10-19(25)11-9-18/h3-11,14,17H,12-13,15-16H2,1-2H3. The molecule has 0 amide bonds. The smallest absolute Gasteiger partial charge is 0.205 e. The summed E-state index contributed by atoms with van der Waals surface area (Å²) in [7, 11) is 0. The molecule has 0 aliphatic rings. The van der Waals surface area contributed by atoms with Gasteiger partial charge in [0, 0.05) is 12.1 Å². The molecule has 0 N–H and O–H groups in total. The van der Waals surface area contributed by atoms with E-state index >= 15 is 0 Å². The highest BCUT2D eigenvalue weighted by molar-refractivity contribution is 7.98. The lowest BCUT2D eigenvalue weighted by atomic mass is 10.1. The number of thioether (sulfide) groups is 1. The summed E-state index contributed by atoms with van der Waals surface area (Å²) in [4.78, 5) is 4.35. The number of hydrogen-bond acceptors (Lipinski definition) is 6. The summed E-state index contributed by atoms with van der Waals surface area (Å²) < 4.78 is 27.0. The first kappa shape index (κ1) is 22.1. The number of nitrogens with zero attached hydrogens (tertiary/aromatic N) is 4. The van der Waals surface area contributed by atoms with Gasteiger partial charge < -0.3 is 13.7 Å². The Bertz CT molecular complexity index is 1130. The van der Waals surface area contributed by atoms with E-state index in [0.29, 0.717) is 29.9 Å². The number of para-hydroxylation sites is 1. The van der Waals surface area contributed by atoms with Crippen molar-refractivity contribution in [3.8, 4) is 17.1 Å². The van der Waals surface area contributed by atoms with Crippen molar-refractivity contribution in [2.45, 2.75) is 44.3 Å². The van der Waals surface area contributed by atoms with Gasteiger partial charge in [-0.15, -0.1) is 10.2 Å². The molecule has 4 aromatic rings. The highest BCUT2D eigenvalue weighted by Gasteiger charge is 2.16. The van der Waals surface area contributed by atoms with E-state index in [1.807, 2.05) is 30.3 Å². The second-order valence-corrected chi connectivity index (χ2v) is 8.69. The molecule has 32 heavy (non-hydrogen) atoms. The predicted molar refractivity (Wildman–Crippen MR) is 122 cm³/mol. The molecule has 8 heteroatoms. The Labute approximate surface area is 190 Å². The van der Waals surface area contributed by atoms with Gasteiger partial charge in [-0.25, -0.2) is 9.37 Å². The molecule has 0 radical (unpaired) electrons. The van der Waals surface area contributed by atoms with Gasteiger partial charge in [-0.1, -0.05) is 43.8 Å². The van der Waals surface area contributed by atoms with Crippen LogP contribution in [0.25, 0.3) is 11.3 Å². The number of benzene rings is 2. The summed E-state index contributed by atoms with van der Waals surface area (Å²) in [5.74, 6) is 3.57. The van der Waals surface area contributed by atoms with Gasteiger partial charge in [-0.2, -0.15) is 0 Å². The fourth-order valence-corrected chi connectivity index (χ4v) is 3.90. The first-order valence-electron chi connectivity index (χ1n) is 10.5. The number of oxazole rings is 1. The van der Waals surface area contributed by atoms with Crippen molar-refractivity contribution in [1.29, 1.82) is 0 Å². The molecule has 0 saturated heterocycles. The average Bonchev–Trinajstić information content (AvgIpc) is 3.43. The largest absolute Gasteiger partial charge is 0.486 e. The average molecular weight is 453 g/mol. The van der Waals surface area contributed by atoms with Crippen LogP contribution in [-0.2, 0) is 18.9 Å². The maximum Gasteiger partial charge on any atom is 0.205 e. The van der Waals surface area contributed by atoms with Crippen LogP contribution in [0.4, 0.5) is 4.39 Å². The lowest BCUT2D eigenvalue weighted by molar-refractivity contribution is 0.285. The van der Waals surface area contributed by atoms with Crippen molar-refractivity contribution in [1.82, 2.24) is 19.7 Å². The fraction of sp³-hybridized carbons (Fsp3) is 0.292. The van der Waals surface area contributed by atoms with Crippen LogP contribution >= 0.6 is 11.8 Å². The Balaban J connectivity index is 1.44. The maximum atomic E-state index is 13.1. The van der Waals surface area contributed by atoms with Crippen LogP contribution in [0.3, 0.4) is 0 Å². The first-order valence-corrected chi connectivity index (χ1v) is 11.5. The quantitative estimate of drug-likeness (QED) is 0.275. The molecule has 0 spiro atoms. The van der Waals surface area contributed by atoms with Crippen molar-refractivity contribution < 1.29 is 13.5 Å². The molecule has 0 unspecified atom stereocenters. The summed E-state index contributed by atoms with van der Waals surface area (Å²) in [6, 6.07) is 15.8. The zero-order valence-corrected chi connectivity index (χ0v) is 18.9. The van der Waals surface area contributed by atoms with E-state index in [2.05, 4.69) is 33.6 Å². The Morgan fingerprint density at radius 3 is 2.59 bits per heavy atom. The first-order chi connectivity index (χ1) is 15.6. The van der Waals surface area contributed by atoms with E-state index in [0.717, 1.165) is 35.3 Å². The van der Waals surface area contributed by atoms with Crippen LogP contribution in [0.15, 0.2) is 70.4 Å². The number of halogens is 1. The molecule has 2 aromatic heterocycles. The molecular weight excluding hydrogens is 427 g/mol. The van der Waals surface area contributed by atoms with Crippen LogP contribution in [0.2, 0.25) is 0 Å². The van der Waals surface area contributed by atoms with E-state index in [1.165, 1.54) is 23.9 Å². The number of ether oxygens (including phenoxy) is 1. The molecule has 2 aromatic carbocycles. The molecule has 6 nitrogen and oxygen atoms in total. The van der Waals surface area contributed by atoms with E-state index < -0.39 is 0 Å². The zero-order valence-electron chi connectivity index (χ0n) is 18.1. The van der Waals surface area contributed by atoms with Crippen LogP contribution in [0.5, 0.6) is 5.75 Å². The Kier molecular flexibility index (Phi) is 7.21. The van der Waals surface area contributed by atoms with Crippen LogP contribution in [0, 0.1) is 11.7 Å². The van der Waals surface area contributed by atoms with E-state index in [-0.39, 0.29) is 5.82 Å². The number of rotatable bonds is 10. The van der Waals surface area contributed by atoms with E-state index in [1.54, 1.807) is 18.3 Å². The Hall–Kier alpha value is -3.13. The topological polar surface area (TPSA) is 66.0 Å². The van der Waals surface area contributed by atoms with Crippen LogP contribution < -0.4 is 4.74 Å². The Morgan fingerprint density at radius 1 is 1.06 bits per heavy atom. The zero-order chi connectivity index (χ0) is 22.3. The van der Waals surface area contributed by atoms with Crippen LogP contribution in [-0.4, -0.2) is 19.7 Å². The normalized spacial score (nSPS) is 11.2. The SMILES string of the molecule is CC(C)CCn1c(COc2ccccc2)nnc1SCc1ncc(-c2ccc(F)cc2)o1. The molecule has 0 saturated carbocycles. The molecule has 0 fully saturated rings. The van der Waals surface area contributed by atoms with Gasteiger partial charge in [0.15, 0.2) is 16.7 Å². The van der Waals surface area contributed by atoms with Crippen LogP contribution in [0.1, 0.15) is 32.0 Å². The molecule has 4 rings (SSSR count). The third kappa shape index (κ3) is 5.76. The lowest BCUT2D eigenvalue weighted by Gasteiger charge is -2.12. The van der Waals surface area contributed by atoms with Gasteiger partial charge in [0.25, 0.3) is 0 Å². The summed E-state index contributed by atoms with van der Waals surface area (Å²) in [5.41, 5.74) is 0.788. The third-order valence-corrected chi connectivity index (χ3v) is 5.79. The monoisotopic (exact) mass is 452 g/mol. The molecule has 166 valence electrons. The van der Waals surface area contributed by atoms with Gasteiger partial charge in [-0.3, -0.25) is 0 Å². The predicted octanol–water partition coefficient (Wildman–Crippen LogP) is 5.99. The molecule has 2 heterocycles. The lowest BCUT2D eigenvalue weighted by Crippen LogP contribution is -2.10. The van der Waals surface area contributed by atoms with Crippen molar-refractivity contribution in [3.63, 3.8) is 0 Å². The van der Waals surface area contributed by atoms with Crippen molar-refractivity contribution in [2.24, 2.45) is 5.92 Å². The fourth-order valence-electron chi connectivity index (χ4n) is 3.06. The van der Waals surface area contributed by atoms with E-state index in [4.69, 9.17) is 9.15 Å². The Morgan fingerprint density at radius 2 is 1.84 bits per heavy atom. The van der Waals surface area contributed by atoms with Gasteiger partial charge in [0.05, 0.1) is 11.9 Å². The van der Waals surface area contributed by atoms with Crippen molar-refractivity contribution in [3.05, 3.63) is 78.3 Å². The summed E-state index contributed by atoms with van der Waals surface area (Å²) in [6.07, 6.45) is 2.67. The molecule has 0 bridgehead atoms. The molecule has 0 aliphatic carbocycles. The number of aromatic nitrogens is 4. The highest BCUT2D eigenvalue weighted by atomic mass is 32.2. The minimum absolute atomic E-state index is 0.281. The molecular formula is C24H25FN4O2S. The summed E-state index contributed by atoms with van der Waals surface area (Å²) in [5, 5.41) is 9.55. The number of hydrogen-bond donors (Lipinski definition) is 0. The van der Waals surface area contributed by atoms with Gasteiger partial charge >= 0.3 is 0 Å². The second kappa shape index (κ2) is 10.5. The molecule has 0 aliphatic heterocycles. The second-order valence-electron chi connectivity index (χ2n) is 7.75. The summed E-state index contributed by atoms with van der Waals surface area (Å²) in [6.45, 7) is 5.55. The van der Waals surface area contributed by atoms with Crippen molar-refractivity contribution in [2.75, 3.05) is 0 Å². The van der Waals surface area contributed by atoms with E-state index in [9.17, 15) is 4.39 Å². The minimum Gasteiger partial charge on any atom is -0.486 e. The maximum absolute atomic E-state index is 13.1. The minimum atomic E-state index is -0.281. The van der Waals surface area contributed by atoms with Gasteiger partial charge in [0.1, 0.15) is 18.2 Å². The van der Waals surface area contributed by atoms with Gasteiger partial charge in [-0.05, 0) is 48.7 Å².